The van der Waals surface area contributed by atoms with Gasteiger partial charge in [0.2, 0.25) is 5.95 Å². The van der Waals surface area contributed by atoms with Gasteiger partial charge in [-0.1, -0.05) is 0 Å². The predicted molar refractivity (Wildman–Crippen MR) is 88.7 cm³/mol. The van der Waals surface area contributed by atoms with Gasteiger partial charge in [-0.25, -0.2) is 9.36 Å². The van der Waals surface area contributed by atoms with Gasteiger partial charge in [0.05, 0.1) is 13.2 Å². The van der Waals surface area contributed by atoms with Crippen LogP contribution in [0.25, 0.3) is 11.2 Å². The number of imidazole rings is 1. The van der Waals surface area contributed by atoms with Crippen LogP contribution < -0.4 is 17.0 Å². The van der Waals surface area contributed by atoms with Crippen molar-refractivity contribution in [1.29, 1.82) is 0 Å². The van der Waals surface area contributed by atoms with Gasteiger partial charge in [-0.15, -0.1) is 0 Å². The van der Waals surface area contributed by atoms with E-state index in [1.165, 1.54) is 0 Å². The first-order valence-electron chi connectivity index (χ1n) is 8.08. The van der Waals surface area contributed by atoms with Gasteiger partial charge < -0.3 is 30.5 Å². The molecule has 0 spiro atoms. The molecule has 4 atom stereocenters. The van der Waals surface area contributed by atoms with Crippen LogP contribution in [0.2, 0.25) is 0 Å². The zero-order valence-corrected chi connectivity index (χ0v) is 14.2. The van der Waals surface area contributed by atoms with Gasteiger partial charge in [-0.3, -0.25) is 19.1 Å². The number of nitrogens with two attached hydrogens (primary N) is 1. The number of aromatic amines is 1. The van der Waals surface area contributed by atoms with Crippen molar-refractivity contribution in [2.75, 3.05) is 18.9 Å². The highest BCUT2D eigenvalue weighted by atomic mass is 16.6. The van der Waals surface area contributed by atoms with E-state index in [1.807, 2.05) is 0 Å². The van der Waals surface area contributed by atoms with Crippen molar-refractivity contribution in [3.8, 4) is 0 Å². The molecule has 13 nitrogen and oxygen atoms in total. The second-order valence-electron chi connectivity index (χ2n) is 5.90. The molecular weight excluding hydrogens is 366 g/mol. The Morgan fingerprint density at radius 2 is 2.07 bits per heavy atom. The standard InChI is InChI=1S/C14H19N5O8/c1-2-26-6(21)3-18-7-10(16-13(15)17-11(7)24)19(14(18)25)12-9(23)8(22)5(4-20)27-12/h5,8-9,12,20,22-23H,2-4H2,1H3,(H3,15,16,17,24)/t5?,8-,9-,12?/m1/s1. The maximum atomic E-state index is 12.9. The van der Waals surface area contributed by atoms with Crippen LogP contribution in [-0.4, -0.2) is 71.9 Å². The van der Waals surface area contributed by atoms with E-state index < -0.39 is 54.9 Å². The van der Waals surface area contributed by atoms with Gasteiger partial charge in [0.1, 0.15) is 24.9 Å². The van der Waals surface area contributed by atoms with Crippen LogP contribution in [0, 0.1) is 0 Å². The number of aliphatic hydroxyl groups excluding tert-OH is 3. The first-order chi connectivity index (χ1) is 12.8. The molecule has 2 aromatic heterocycles. The molecule has 1 fully saturated rings. The molecule has 0 radical (unpaired) electrons. The number of hydrogen-bond donors (Lipinski definition) is 5. The van der Waals surface area contributed by atoms with E-state index in [-0.39, 0.29) is 23.7 Å². The molecule has 13 heteroatoms. The average molecular weight is 385 g/mol. The van der Waals surface area contributed by atoms with Crippen LogP contribution >= 0.6 is 0 Å². The molecule has 2 unspecified atom stereocenters. The number of rotatable bonds is 5. The minimum Gasteiger partial charge on any atom is -0.465 e. The number of aliphatic hydroxyl groups is 3. The Bertz CT molecular complexity index is 978. The SMILES string of the molecule is CCOC(=O)Cn1c(=O)n(C2OC(CO)[C@@H](O)[C@H]2O)c2nc(N)[nH]c(=O)c21. The zero-order valence-electron chi connectivity index (χ0n) is 14.2. The van der Waals surface area contributed by atoms with E-state index in [0.29, 0.717) is 0 Å². The number of carbonyl (C=O) groups excluding carboxylic acids is 1. The smallest absolute Gasteiger partial charge is 0.333 e. The Hall–Kier alpha value is -2.74. The second kappa shape index (κ2) is 7.11. The maximum absolute atomic E-state index is 12.9. The third-order valence-electron chi connectivity index (χ3n) is 4.19. The quantitative estimate of drug-likeness (QED) is 0.324. The van der Waals surface area contributed by atoms with E-state index in [2.05, 4.69) is 9.97 Å². The summed E-state index contributed by atoms with van der Waals surface area (Å²) in [6.45, 7) is 0.460. The number of aromatic nitrogens is 4. The van der Waals surface area contributed by atoms with Crippen LogP contribution in [-0.2, 0) is 20.8 Å². The molecule has 1 aliphatic rings. The Balaban J connectivity index is 2.22. The number of nitrogens with one attached hydrogen (secondary N) is 1. The lowest BCUT2D eigenvalue weighted by molar-refractivity contribution is -0.143. The molecule has 3 rings (SSSR count). The Morgan fingerprint density at radius 1 is 1.37 bits per heavy atom. The summed E-state index contributed by atoms with van der Waals surface area (Å²) in [6, 6.07) is 0. The van der Waals surface area contributed by atoms with Crippen molar-refractivity contribution < 1.29 is 29.6 Å². The molecule has 3 heterocycles. The van der Waals surface area contributed by atoms with Gasteiger partial charge in [0.15, 0.2) is 17.4 Å². The van der Waals surface area contributed by atoms with Crippen LogP contribution in [0.3, 0.4) is 0 Å². The highest BCUT2D eigenvalue weighted by Gasteiger charge is 2.45. The summed E-state index contributed by atoms with van der Waals surface area (Å²) < 4.78 is 11.8. The maximum Gasteiger partial charge on any atom is 0.333 e. The van der Waals surface area contributed by atoms with Crippen molar-refractivity contribution in [3.63, 3.8) is 0 Å². The normalized spacial score (nSPS) is 25.2. The van der Waals surface area contributed by atoms with Gasteiger partial charge in [-0.05, 0) is 6.92 Å². The van der Waals surface area contributed by atoms with Gasteiger partial charge in [0, 0.05) is 0 Å². The van der Waals surface area contributed by atoms with E-state index in [9.17, 15) is 29.7 Å². The molecule has 148 valence electrons. The Labute approximate surface area is 150 Å². The van der Waals surface area contributed by atoms with Crippen LogP contribution in [0.1, 0.15) is 13.2 Å². The largest absolute Gasteiger partial charge is 0.465 e. The lowest BCUT2D eigenvalue weighted by Crippen LogP contribution is -2.36. The molecule has 2 aromatic rings. The van der Waals surface area contributed by atoms with Crippen LogP contribution in [0.5, 0.6) is 0 Å². The lowest BCUT2D eigenvalue weighted by Gasteiger charge is -2.15. The fourth-order valence-electron chi connectivity index (χ4n) is 3.00. The summed E-state index contributed by atoms with van der Waals surface area (Å²) in [5.41, 5.74) is 3.32. The molecule has 0 aliphatic carbocycles. The minimum atomic E-state index is -1.59. The van der Waals surface area contributed by atoms with Crippen molar-refractivity contribution in [2.45, 2.75) is 38.0 Å². The lowest BCUT2D eigenvalue weighted by atomic mass is 10.1. The van der Waals surface area contributed by atoms with E-state index in [1.54, 1.807) is 6.92 Å². The number of hydrogen-bond acceptors (Lipinski definition) is 10. The summed E-state index contributed by atoms with van der Waals surface area (Å²) in [4.78, 5) is 43.1. The third-order valence-corrected chi connectivity index (χ3v) is 4.19. The molecule has 0 amide bonds. The number of anilines is 1. The van der Waals surface area contributed by atoms with Crippen molar-refractivity contribution in [2.24, 2.45) is 0 Å². The third kappa shape index (κ3) is 3.10. The first kappa shape index (κ1) is 19.0. The van der Waals surface area contributed by atoms with Gasteiger partial charge >= 0.3 is 11.7 Å². The van der Waals surface area contributed by atoms with Crippen molar-refractivity contribution in [3.05, 3.63) is 20.8 Å². The molecule has 1 saturated heterocycles. The molecule has 0 aromatic carbocycles. The average Bonchev–Trinajstić information content (AvgIpc) is 3.03. The molecular formula is C14H19N5O8. The van der Waals surface area contributed by atoms with Gasteiger partial charge in [-0.2, -0.15) is 4.98 Å². The highest BCUT2D eigenvalue weighted by molar-refractivity contribution is 5.76. The summed E-state index contributed by atoms with van der Waals surface area (Å²) >= 11 is 0. The van der Waals surface area contributed by atoms with Crippen molar-refractivity contribution >= 4 is 23.1 Å². The zero-order chi connectivity index (χ0) is 19.9. The topological polar surface area (TPSA) is 195 Å². The highest BCUT2D eigenvalue weighted by Crippen LogP contribution is 2.30. The summed E-state index contributed by atoms with van der Waals surface area (Å²) in [6.07, 6.45) is -5.68. The van der Waals surface area contributed by atoms with Crippen LogP contribution in [0.15, 0.2) is 9.59 Å². The molecule has 0 saturated carbocycles. The second-order valence-corrected chi connectivity index (χ2v) is 5.90. The molecule has 1 aliphatic heterocycles. The minimum absolute atomic E-state index is 0.0720. The fraction of sp³-hybridized carbons (Fsp3) is 0.571. The van der Waals surface area contributed by atoms with E-state index in [0.717, 1.165) is 9.13 Å². The Morgan fingerprint density at radius 3 is 2.67 bits per heavy atom. The monoisotopic (exact) mass is 385 g/mol. The number of H-pyrrole nitrogens is 1. The van der Waals surface area contributed by atoms with E-state index in [4.69, 9.17) is 15.2 Å². The number of esters is 1. The van der Waals surface area contributed by atoms with Crippen molar-refractivity contribution in [1.82, 2.24) is 19.1 Å². The number of nitrogens with zero attached hydrogens (tertiary/aromatic N) is 3. The fourth-order valence-corrected chi connectivity index (χ4v) is 3.00. The summed E-state index contributed by atoms with van der Waals surface area (Å²) in [5, 5.41) is 29.4. The number of fused-ring (bicyclic) bond motifs is 1. The summed E-state index contributed by atoms with van der Waals surface area (Å²) in [7, 11) is 0. The van der Waals surface area contributed by atoms with Gasteiger partial charge in [0.25, 0.3) is 5.56 Å². The number of ether oxygens (including phenoxy) is 2. The summed E-state index contributed by atoms with van der Waals surface area (Å²) in [5.74, 6) is -1.07. The van der Waals surface area contributed by atoms with E-state index >= 15 is 0 Å². The molecule has 6 N–H and O–H groups in total. The predicted octanol–water partition coefficient (Wildman–Crippen LogP) is -3.36. The number of nitrogen functional groups attached to an aromatic ring is 1. The molecule has 0 bridgehead atoms. The Kier molecular flexibility index (Phi) is 5.01. The molecule has 27 heavy (non-hydrogen) atoms. The number of carbonyl (C=O) groups is 1. The first-order valence-corrected chi connectivity index (χ1v) is 8.08. The van der Waals surface area contributed by atoms with Crippen LogP contribution in [0.4, 0.5) is 5.95 Å².